The van der Waals surface area contributed by atoms with Crippen LogP contribution in [0.4, 0.5) is 4.79 Å². The van der Waals surface area contributed by atoms with Gasteiger partial charge in [0, 0.05) is 6.04 Å². The average Bonchev–Trinajstić information content (AvgIpc) is 2.14. The molecule has 0 spiro atoms. The Labute approximate surface area is 90.2 Å². The number of hydrogen-bond acceptors (Lipinski definition) is 2. The number of amides is 2. The lowest BCUT2D eigenvalue weighted by molar-refractivity contribution is -0.138. The summed E-state index contributed by atoms with van der Waals surface area (Å²) in [6.45, 7) is 5.42. The lowest BCUT2D eigenvalue weighted by Crippen LogP contribution is -2.47. The third-order valence-corrected chi connectivity index (χ3v) is 2.09. The van der Waals surface area contributed by atoms with Gasteiger partial charge in [-0.1, -0.05) is 19.8 Å². The fourth-order valence-electron chi connectivity index (χ4n) is 1.11. The van der Waals surface area contributed by atoms with Gasteiger partial charge in [-0.2, -0.15) is 0 Å². The van der Waals surface area contributed by atoms with Crippen molar-refractivity contribution in [1.82, 2.24) is 10.6 Å². The van der Waals surface area contributed by atoms with E-state index in [1.54, 1.807) is 0 Å². The zero-order valence-corrected chi connectivity index (χ0v) is 9.54. The Kier molecular flexibility index (Phi) is 6.49. The summed E-state index contributed by atoms with van der Waals surface area (Å²) in [5.41, 5.74) is 0. The lowest BCUT2D eigenvalue weighted by atomic mass is 10.1. The van der Waals surface area contributed by atoms with Crippen molar-refractivity contribution in [2.45, 2.75) is 52.1 Å². The number of rotatable bonds is 6. The first-order valence-electron chi connectivity index (χ1n) is 5.27. The molecule has 88 valence electrons. The second-order valence-corrected chi connectivity index (χ2v) is 3.72. The van der Waals surface area contributed by atoms with Gasteiger partial charge in [0.25, 0.3) is 0 Å². The molecule has 0 aromatic carbocycles. The Morgan fingerprint density at radius 3 is 2.33 bits per heavy atom. The van der Waals surface area contributed by atoms with E-state index in [0.717, 1.165) is 19.3 Å². The number of nitrogens with one attached hydrogen (secondary N) is 2. The summed E-state index contributed by atoms with van der Waals surface area (Å²) in [7, 11) is 0. The summed E-state index contributed by atoms with van der Waals surface area (Å²) in [5.74, 6) is -1.04. The zero-order valence-electron chi connectivity index (χ0n) is 9.54. The van der Waals surface area contributed by atoms with E-state index < -0.39 is 18.0 Å². The maximum Gasteiger partial charge on any atom is 0.325 e. The molecule has 0 aliphatic heterocycles. The molecule has 5 heteroatoms. The molecule has 0 aliphatic carbocycles. The van der Waals surface area contributed by atoms with E-state index in [2.05, 4.69) is 17.6 Å². The second kappa shape index (κ2) is 7.09. The molecule has 0 radical (unpaired) electrons. The van der Waals surface area contributed by atoms with Crippen LogP contribution in [0.5, 0.6) is 0 Å². The molecule has 0 saturated heterocycles. The van der Waals surface area contributed by atoms with Gasteiger partial charge in [-0.25, -0.2) is 4.79 Å². The zero-order chi connectivity index (χ0) is 11.8. The van der Waals surface area contributed by atoms with Gasteiger partial charge in [0.2, 0.25) is 0 Å². The smallest absolute Gasteiger partial charge is 0.325 e. The quantitative estimate of drug-likeness (QED) is 0.627. The van der Waals surface area contributed by atoms with Crippen molar-refractivity contribution in [2.24, 2.45) is 0 Å². The lowest BCUT2D eigenvalue weighted by Gasteiger charge is -2.15. The van der Waals surface area contributed by atoms with Gasteiger partial charge in [-0.15, -0.1) is 0 Å². The second-order valence-electron chi connectivity index (χ2n) is 3.72. The molecule has 0 rings (SSSR count). The normalized spacial score (nSPS) is 14.1. The van der Waals surface area contributed by atoms with Crippen molar-refractivity contribution >= 4 is 12.0 Å². The third kappa shape index (κ3) is 6.76. The minimum atomic E-state index is -1.04. The Morgan fingerprint density at radius 2 is 1.87 bits per heavy atom. The van der Waals surface area contributed by atoms with Crippen LogP contribution in [0.1, 0.15) is 40.0 Å². The van der Waals surface area contributed by atoms with Gasteiger partial charge in [-0.3, -0.25) is 4.79 Å². The molecule has 0 heterocycles. The van der Waals surface area contributed by atoms with Crippen molar-refractivity contribution in [2.75, 3.05) is 0 Å². The molecule has 0 aromatic rings. The fraction of sp³-hybridized carbons (Fsp3) is 0.800. The molecule has 0 aliphatic rings. The van der Waals surface area contributed by atoms with Crippen LogP contribution in [0.3, 0.4) is 0 Å². The van der Waals surface area contributed by atoms with Gasteiger partial charge < -0.3 is 15.7 Å². The molecule has 15 heavy (non-hydrogen) atoms. The minimum Gasteiger partial charge on any atom is -0.480 e. The summed E-state index contributed by atoms with van der Waals surface area (Å²) in [5, 5.41) is 13.6. The first-order valence-corrected chi connectivity index (χ1v) is 5.27. The molecule has 5 nitrogen and oxygen atoms in total. The Hall–Kier alpha value is -1.26. The maximum absolute atomic E-state index is 11.2. The number of unbranched alkanes of at least 4 members (excludes halogenated alkanes) is 1. The van der Waals surface area contributed by atoms with Crippen LogP contribution in [0.15, 0.2) is 0 Å². The molecule has 0 bridgehead atoms. The summed E-state index contributed by atoms with van der Waals surface area (Å²) in [6.07, 6.45) is 3.04. The van der Waals surface area contributed by atoms with E-state index in [1.165, 1.54) is 6.92 Å². The van der Waals surface area contributed by atoms with Crippen LogP contribution in [0.25, 0.3) is 0 Å². The van der Waals surface area contributed by atoms with E-state index in [9.17, 15) is 9.59 Å². The first-order chi connectivity index (χ1) is 6.97. The number of carbonyl (C=O) groups is 2. The Balaban J connectivity index is 3.77. The van der Waals surface area contributed by atoms with Gasteiger partial charge in [0.05, 0.1) is 0 Å². The van der Waals surface area contributed by atoms with Crippen molar-refractivity contribution < 1.29 is 14.7 Å². The van der Waals surface area contributed by atoms with E-state index in [1.807, 2.05) is 6.92 Å². The molecular weight excluding hydrogens is 196 g/mol. The van der Waals surface area contributed by atoms with Gasteiger partial charge in [0.1, 0.15) is 6.04 Å². The van der Waals surface area contributed by atoms with Gasteiger partial charge >= 0.3 is 12.0 Å². The van der Waals surface area contributed by atoms with Crippen molar-refractivity contribution in [3.05, 3.63) is 0 Å². The predicted octanol–water partition coefficient (Wildman–Crippen LogP) is 1.34. The number of carboxylic acid groups (broad SMARTS) is 1. The molecule has 1 unspecified atom stereocenters. The standard InChI is InChI=1S/C10H20N2O3/c1-4-5-6-7(2)11-10(15)12-8(3)9(13)14/h7-8H,4-6H2,1-3H3,(H,13,14)(H2,11,12,15)/t7?,8-/m0/s1. The van der Waals surface area contributed by atoms with Crippen LogP contribution in [0.2, 0.25) is 0 Å². The fourth-order valence-corrected chi connectivity index (χ4v) is 1.11. The largest absolute Gasteiger partial charge is 0.480 e. The number of aliphatic carboxylic acids is 1. The van der Waals surface area contributed by atoms with Crippen LogP contribution in [-0.2, 0) is 4.79 Å². The van der Waals surface area contributed by atoms with Gasteiger partial charge in [0.15, 0.2) is 0 Å². The molecule has 0 aromatic heterocycles. The van der Waals surface area contributed by atoms with E-state index >= 15 is 0 Å². The molecule has 0 fully saturated rings. The highest BCUT2D eigenvalue weighted by molar-refractivity contribution is 5.82. The van der Waals surface area contributed by atoms with Crippen LogP contribution in [-0.4, -0.2) is 29.2 Å². The van der Waals surface area contributed by atoms with Crippen LogP contribution < -0.4 is 10.6 Å². The molecule has 0 saturated carbocycles. The highest BCUT2D eigenvalue weighted by atomic mass is 16.4. The topological polar surface area (TPSA) is 78.4 Å². The Bertz CT molecular complexity index is 219. The van der Waals surface area contributed by atoms with E-state index in [0.29, 0.717) is 0 Å². The number of urea groups is 1. The average molecular weight is 216 g/mol. The first kappa shape index (κ1) is 13.7. The molecule has 3 N–H and O–H groups in total. The minimum absolute atomic E-state index is 0.0749. The monoisotopic (exact) mass is 216 g/mol. The number of hydrogen-bond donors (Lipinski definition) is 3. The maximum atomic E-state index is 11.2. The SMILES string of the molecule is CCCCC(C)NC(=O)N[C@@H](C)C(=O)O. The summed E-state index contributed by atoms with van der Waals surface area (Å²) in [4.78, 5) is 21.7. The van der Waals surface area contributed by atoms with Crippen molar-refractivity contribution in [3.63, 3.8) is 0 Å². The number of carboxylic acids is 1. The number of carbonyl (C=O) groups excluding carboxylic acids is 1. The third-order valence-electron chi connectivity index (χ3n) is 2.09. The summed E-state index contributed by atoms with van der Waals surface area (Å²) in [6, 6.07) is -1.21. The summed E-state index contributed by atoms with van der Waals surface area (Å²) < 4.78 is 0. The molecule has 2 atom stereocenters. The van der Waals surface area contributed by atoms with E-state index in [-0.39, 0.29) is 6.04 Å². The van der Waals surface area contributed by atoms with Crippen molar-refractivity contribution in [1.29, 1.82) is 0 Å². The molecular formula is C10H20N2O3. The predicted molar refractivity (Wildman–Crippen MR) is 57.8 cm³/mol. The van der Waals surface area contributed by atoms with Crippen LogP contribution >= 0.6 is 0 Å². The highest BCUT2D eigenvalue weighted by Crippen LogP contribution is 1.99. The van der Waals surface area contributed by atoms with Crippen LogP contribution in [0, 0.1) is 0 Å². The van der Waals surface area contributed by atoms with Gasteiger partial charge in [-0.05, 0) is 20.3 Å². The van der Waals surface area contributed by atoms with E-state index in [4.69, 9.17) is 5.11 Å². The molecule has 2 amide bonds. The Morgan fingerprint density at radius 1 is 1.27 bits per heavy atom. The highest BCUT2D eigenvalue weighted by Gasteiger charge is 2.14. The summed E-state index contributed by atoms with van der Waals surface area (Å²) >= 11 is 0. The van der Waals surface area contributed by atoms with Crippen molar-refractivity contribution in [3.8, 4) is 0 Å².